The monoisotopic (exact) mass is 476 g/mol. The summed E-state index contributed by atoms with van der Waals surface area (Å²) in [7, 11) is 4.97. The Balaban J connectivity index is 1.44. The second-order valence-corrected chi connectivity index (χ2v) is 9.21. The maximum atomic E-state index is 13.0. The molecule has 0 aliphatic carbocycles. The number of carbonyl (C=O) groups is 2. The van der Waals surface area contributed by atoms with E-state index >= 15 is 0 Å². The van der Waals surface area contributed by atoms with Gasteiger partial charge in [0.05, 0.1) is 20.0 Å². The van der Waals surface area contributed by atoms with Crippen molar-refractivity contribution >= 4 is 23.6 Å². The number of hydrogen-bond acceptors (Lipinski definition) is 5. The number of rotatable bonds is 8. The molecule has 1 fully saturated rings. The first-order chi connectivity index (χ1) is 16.5. The molecule has 0 N–H and O–H groups in total. The van der Waals surface area contributed by atoms with Crippen LogP contribution in [0.1, 0.15) is 32.4 Å². The number of amides is 2. The van der Waals surface area contributed by atoms with Crippen molar-refractivity contribution in [1.82, 2.24) is 9.80 Å². The maximum absolute atomic E-state index is 13.0. The van der Waals surface area contributed by atoms with Crippen LogP contribution in [0.4, 0.5) is 0 Å². The molecule has 1 atom stereocenters. The molecule has 7 heteroatoms. The van der Waals surface area contributed by atoms with E-state index in [2.05, 4.69) is 0 Å². The van der Waals surface area contributed by atoms with Gasteiger partial charge in [-0.1, -0.05) is 48.5 Å². The normalized spacial score (nSPS) is 15.3. The Bertz CT molecular complexity index is 1150. The smallest absolute Gasteiger partial charge is 0.253 e. The summed E-state index contributed by atoms with van der Waals surface area (Å²) in [6, 6.07) is 23.2. The molecular weight excluding hydrogens is 448 g/mol. The minimum absolute atomic E-state index is 0.0543. The lowest BCUT2D eigenvalue weighted by molar-refractivity contribution is -0.128. The van der Waals surface area contributed by atoms with Gasteiger partial charge in [0.25, 0.3) is 5.91 Å². The van der Waals surface area contributed by atoms with Gasteiger partial charge in [0, 0.05) is 25.7 Å². The van der Waals surface area contributed by atoms with Crippen molar-refractivity contribution in [3.8, 4) is 11.5 Å². The van der Waals surface area contributed by atoms with Crippen molar-refractivity contribution in [1.29, 1.82) is 0 Å². The summed E-state index contributed by atoms with van der Waals surface area (Å²) < 4.78 is 10.6. The average molecular weight is 477 g/mol. The van der Waals surface area contributed by atoms with Crippen molar-refractivity contribution in [3.05, 3.63) is 95.1 Å². The van der Waals surface area contributed by atoms with E-state index < -0.39 is 0 Å². The molecule has 3 aromatic carbocycles. The molecule has 1 unspecified atom stereocenters. The van der Waals surface area contributed by atoms with Crippen molar-refractivity contribution in [2.24, 2.45) is 0 Å². The fourth-order valence-corrected chi connectivity index (χ4v) is 5.20. The standard InChI is InChI=1S/C27H28N2O4S/c1-28(16-20-9-14-23(32-2)24(15-20)33-3)26(31)21-10-12-22(13-11-21)27-29(25(30)18-34-27)17-19-7-5-4-6-8-19/h4-15,27H,16-18H2,1-3H3. The number of hydrogen-bond donors (Lipinski definition) is 0. The van der Waals surface area contributed by atoms with E-state index in [1.807, 2.05) is 77.7 Å². The Morgan fingerprint density at radius 2 is 1.68 bits per heavy atom. The highest BCUT2D eigenvalue weighted by Gasteiger charge is 2.32. The van der Waals surface area contributed by atoms with E-state index in [1.165, 1.54) is 0 Å². The molecule has 0 spiro atoms. The first-order valence-corrected chi connectivity index (χ1v) is 12.1. The van der Waals surface area contributed by atoms with E-state index in [-0.39, 0.29) is 17.2 Å². The maximum Gasteiger partial charge on any atom is 0.253 e. The number of benzene rings is 3. The van der Waals surface area contributed by atoms with E-state index in [0.29, 0.717) is 35.9 Å². The highest BCUT2D eigenvalue weighted by Crippen LogP contribution is 2.39. The van der Waals surface area contributed by atoms with Crippen molar-refractivity contribution in [2.75, 3.05) is 27.0 Å². The van der Waals surface area contributed by atoms with Gasteiger partial charge in [-0.3, -0.25) is 9.59 Å². The van der Waals surface area contributed by atoms with Crippen LogP contribution in [-0.2, 0) is 17.9 Å². The molecule has 0 bridgehead atoms. The van der Waals surface area contributed by atoms with Gasteiger partial charge in [-0.25, -0.2) is 0 Å². The van der Waals surface area contributed by atoms with Crippen LogP contribution in [0.25, 0.3) is 0 Å². The molecule has 1 aliphatic rings. The summed E-state index contributed by atoms with van der Waals surface area (Å²) in [6.45, 7) is 1.02. The van der Waals surface area contributed by atoms with Gasteiger partial charge in [0.15, 0.2) is 11.5 Å². The van der Waals surface area contributed by atoms with Gasteiger partial charge in [0.2, 0.25) is 5.91 Å². The number of methoxy groups -OCH3 is 2. The zero-order chi connectivity index (χ0) is 24.1. The van der Waals surface area contributed by atoms with Crippen LogP contribution >= 0.6 is 11.8 Å². The fraction of sp³-hybridized carbons (Fsp3) is 0.259. The summed E-state index contributed by atoms with van der Waals surface area (Å²) >= 11 is 1.62. The highest BCUT2D eigenvalue weighted by atomic mass is 32.2. The topological polar surface area (TPSA) is 59.1 Å². The largest absolute Gasteiger partial charge is 0.493 e. The van der Waals surface area contributed by atoms with Gasteiger partial charge in [-0.2, -0.15) is 0 Å². The van der Waals surface area contributed by atoms with Gasteiger partial charge >= 0.3 is 0 Å². The SMILES string of the molecule is COc1ccc(CN(C)C(=O)c2ccc(C3SCC(=O)N3Cc3ccccc3)cc2)cc1OC. The molecule has 2 amide bonds. The zero-order valence-corrected chi connectivity index (χ0v) is 20.4. The molecule has 3 aromatic rings. The summed E-state index contributed by atoms with van der Waals surface area (Å²) in [6.07, 6.45) is 0. The fourth-order valence-electron chi connectivity index (χ4n) is 4.02. The number of carbonyl (C=O) groups excluding carboxylic acids is 2. The number of thioether (sulfide) groups is 1. The molecule has 0 saturated carbocycles. The molecule has 0 aromatic heterocycles. The lowest BCUT2D eigenvalue weighted by Gasteiger charge is -2.25. The van der Waals surface area contributed by atoms with Crippen LogP contribution in [-0.4, -0.2) is 48.6 Å². The van der Waals surface area contributed by atoms with Crippen molar-refractivity contribution in [2.45, 2.75) is 18.5 Å². The van der Waals surface area contributed by atoms with E-state index in [1.54, 1.807) is 37.9 Å². The Hall–Kier alpha value is -3.45. The first kappa shape index (κ1) is 23.7. The van der Waals surface area contributed by atoms with Crippen LogP contribution in [0.3, 0.4) is 0 Å². The predicted octanol–water partition coefficient (Wildman–Crippen LogP) is 4.75. The Morgan fingerprint density at radius 1 is 0.971 bits per heavy atom. The van der Waals surface area contributed by atoms with E-state index in [9.17, 15) is 9.59 Å². The van der Waals surface area contributed by atoms with Gasteiger partial charge < -0.3 is 19.3 Å². The van der Waals surface area contributed by atoms with Crippen LogP contribution in [0.15, 0.2) is 72.8 Å². The summed E-state index contributed by atoms with van der Waals surface area (Å²) in [4.78, 5) is 29.1. The highest BCUT2D eigenvalue weighted by molar-refractivity contribution is 8.00. The molecule has 4 rings (SSSR count). The third-order valence-corrected chi connectivity index (χ3v) is 7.08. The first-order valence-electron chi connectivity index (χ1n) is 11.0. The van der Waals surface area contributed by atoms with Crippen LogP contribution in [0.2, 0.25) is 0 Å². The minimum Gasteiger partial charge on any atom is -0.493 e. The lowest BCUT2D eigenvalue weighted by Crippen LogP contribution is -2.28. The summed E-state index contributed by atoms with van der Waals surface area (Å²) in [5.41, 5.74) is 3.68. The molecule has 1 saturated heterocycles. The van der Waals surface area contributed by atoms with Crippen molar-refractivity contribution < 1.29 is 19.1 Å². The predicted molar refractivity (Wildman–Crippen MR) is 134 cm³/mol. The molecular formula is C27H28N2O4S. The van der Waals surface area contributed by atoms with Crippen LogP contribution in [0, 0.1) is 0 Å². The van der Waals surface area contributed by atoms with Gasteiger partial charge in [-0.05, 0) is 41.0 Å². The van der Waals surface area contributed by atoms with Crippen molar-refractivity contribution in [3.63, 3.8) is 0 Å². The second kappa shape index (κ2) is 10.7. The average Bonchev–Trinajstić information content (AvgIpc) is 3.23. The Labute approximate surface area is 204 Å². The molecule has 34 heavy (non-hydrogen) atoms. The summed E-state index contributed by atoms with van der Waals surface area (Å²) in [5, 5.41) is -0.0543. The molecule has 0 radical (unpaired) electrons. The third-order valence-electron chi connectivity index (χ3n) is 5.82. The number of ether oxygens (including phenoxy) is 2. The van der Waals surface area contributed by atoms with Gasteiger partial charge in [-0.15, -0.1) is 11.8 Å². The van der Waals surface area contributed by atoms with Crippen LogP contribution < -0.4 is 9.47 Å². The quantitative estimate of drug-likeness (QED) is 0.470. The molecule has 176 valence electrons. The Kier molecular flexibility index (Phi) is 7.43. The lowest BCUT2D eigenvalue weighted by atomic mass is 10.1. The molecule has 1 heterocycles. The molecule has 6 nitrogen and oxygen atoms in total. The van der Waals surface area contributed by atoms with E-state index in [4.69, 9.17) is 9.47 Å². The zero-order valence-electron chi connectivity index (χ0n) is 19.6. The molecule has 1 aliphatic heterocycles. The minimum atomic E-state index is -0.0716. The Morgan fingerprint density at radius 3 is 2.35 bits per heavy atom. The second-order valence-electron chi connectivity index (χ2n) is 8.14. The van der Waals surface area contributed by atoms with E-state index in [0.717, 1.165) is 16.7 Å². The summed E-state index contributed by atoms with van der Waals surface area (Å²) in [5.74, 6) is 1.81. The third kappa shape index (κ3) is 5.20. The van der Waals surface area contributed by atoms with Crippen LogP contribution in [0.5, 0.6) is 11.5 Å². The number of nitrogens with zero attached hydrogens (tertiary/aromatic N) is 2. The van der Waals surface area contributed by atoms with Gasteiger partial charge in [0.1, 0.15) is 5.37 Å².